The Labute approximate surface area is 147 Å². The molecule has 0 radical (unpaired) electrons. The van der Waals surface area contributed by atoms with Crippen LogP contribution < -0.4 is 5.32 Å². The summed E-state index contributed by atoms with van der Waals surface area (Å²) in [5, 5.41) is 3.06. The van der Waals surface area contributed by atoms with Crippen molar-refractivity contribution in [2.24, 2.45) is 0 Å². The van der Waals surface area contributed by atoms with Gasteiger partial charge in [0.2, 0.25) is 0 Å². The van der Waals surface area contributed by atoms with E-state index in [1.165, 1.54) is 6.07 Å². The smallest absolute Gasteiger partial charge is 0.339 e. The Morgan fingerprint density at radius 1 is 1.17 bits per heavy atom. The van der Waals surface area contributed by atoms with Gasteiger partial charge in [-0.3, -0.25) is 9.00 Å². The molecule has 5 nitrogen and oxygen atoms in total. The van der Waals surface area contributed by atoms with Crippen LogP contribution in [0.1, 0.15) is 17.3 Å². The number of carbonyl (C=O) groups excluding carboxylic acids is 2. The summed E-state index contributed by atoms with van der Waals surface area (Å²) < 4.78 is 17.0. The van der Waals surface area contributed by atoms with Crippen LogP contribution in [-0.2, 0) is 20.3 Å². The van der Waals surface area contributed by atoms with Crippen molar-refractivity contribution < 1.29 is 18.5 Å². The van der Waals surface area contributed by atoms with Crippen LogP contribution in [0.5, 0.6) is 0 Å². The molecule has 126 valence electrons. The first kappa shape index (κ1) is 18.2. The molecule has 0 fully saturated rings. The number of amides is 1. The lowest BCUT2D eigenvalue weighted by Gasteiger charge is -2.09. The van der Waals surface area contributed by atoms with Gasteiger partial charge < -0.3 is 10.1 Å². The van der Waals surface area contributed by atoms with E-state index in [0.29, 0.717) is 21.4 Å². The highest BCUT2D eigenvalue weighted by atomic mass is 35.5. The van der Waals surface area contributed by atoms with Crippen molar-refractivity contribution in [1.29, 1.82) is 0 Å². The largest absolute Gasteiger partial charge is 0.452 e. The summed E-state index contributed by atoms with van der Waals surface area (Å²) >= 11 is 5.83. The number of rotatable bonds is 6. The van der Waals surface area contributed by atoms with Gasteiger partial charge in [-0.25, -0.2) is 4.79 Å². The molecule has 0 spiro atoms. The second-order valence-electron chi connectivity index (χ2n) is 4.77. The van der Waals surface area contributed by atoms with E-state index in [-0.39, 0.29) is 5.56 Å². The van der Waals surface area contributed by atoms with E-state index in [1.54, 1.807) is 49.4 Å². The van der Waals surface area contributed by atoms with E-state index in [1.807, 2.05) is 0 Å². The van der Waals surface area contributed by atoms with Gasteiger partial charge in [0, 0.05) is 16.5 Å². The van der Waals surface area contributed by atoms with Crippen molar-refractivity contribution in [3.05, 3.63) is 59.1 Å². The minimum absolute atomic E-state index is 0.202. The molecule has 0 bridgehead atoms. The van der Waals surface area contributed by atoms with Crippen molar-refractivity contribution in [2.45, 2.75) is 11.8 Å². The number of halogens is 1. The molecule has 0 aliphatic heterocycles. The predicted octanol–water partition coefficient (Wildman–Crippen LogP) is 3.26. The number of nitrogens with one attached hydrogen (secondary N) is 1. The fourth-order valence-corrected chi connectivity index (χ4v) is 3.09. The minimum Gasteiger partial charge on any atom is -0.452 e. The monoisotopic (exact) mass is 365 g/mol. The van der Waals surface area contributed by atoms with Crippen molar-refractivity contribution in [1.82, 2.24) is 0 Å². The molecule has 1 atom stereocenters. The van der Waals surface area contributed by atoms with Crippen molar-refractivity contribution in [3.8, 4) is 0 Å². The molecule has 1 N–H and O–H groups in total. The van der Waals surface area contributed by atoms with E-state index in [9.17, 15) is 13.8 Å². The molecule has 0 saturated heterocycles. The summed E-state index contributed by atoms with van der Waals surface area (Å²) in [6, 6.07) is 13.1. The topological polar surface area (TPSA) is 72.5 Å². The van der Waals surface area contributed by atoms with Gasteiger partial charge in [-0.15, -0.1) is 0 Å². The lowest BCUT2D eigenvalue weighted by atomic mass is 10.2. The van der Waals surface area contributed by atoms with Crippen molar-refractivity contribution in [2.75, 3.05) is 17.7 Å². The highest BCUT2D eigenvalue weighted by Crippen LogP contribution is 2.16. The van der Waals surface area contributed by atoms with Gasteiger partial charge in [-0.1, -0.05) is 36.7 Å². The van der Waals surface area contributed by atoms with Crippen LogP contribution >= 0.6 is 11.6 Å². The van der Waals surface area contributed by atoms with Gasteiger partial charge in [0.15, 0.2) is 6.61 Å². The third-order valence-corrected chi connectivity index (χ3v) is 4.66. The molecule has 0 aliphatic carbocycles. The second kappa shape index (κ2) is 8.61. The Morgan fingerprint density at radius 2 is 1.92 bits per heavy atom. The number of hydrogen-bond acceptors (Lipinski definition) is 4. The molecule has 2 rings (SSSR count). The zero-order valence-corrected chi connectivity index (χ0v) is 14.5. The van der Waals surface area contributed by atoms with Gasteiger partial charge in [-0.2, -0.15) is 0 Å². The average molecular weight is 366 g/mol. The molecule has 0 heterocycles. The Kier molecular flexibility index (Phi) is 6.52. The molecular formula is C17H16ClNO4S. The normalized spacial score (nSPS) is 11.6. The Morgan fingerprint density at radius 3 is 2.62 bits per heavy atom. The SMILES string of the molecule is CC[S@](=O)c1ccccc1C(=O)OCC(=O)Nc1cccc(Cl)c1. The molecule has 0 aliphatic rings. The molecular weight excluding hydrogens is 350 g/mol. The first-order valence-electron chi connectivity index (χ1n) is 7.21. The van der Waals surface area contributed by atoms with E-state index in [0.717, 1.165) is 0 Å². The van der Waals surface area contributed by atoms with Crippen LogP contribution in [0.4, 0.5) is 5.69 Å². The molecule has 24 heavy (non-hydrogen) atoms. The summed E-state index contributed by atoms with van der Waals surface area (Å²) in [5.74, 6) is -0.784. The summed E-state index contributed by atoms with van der Waals surface area (Å²) in [4.78, 5) is 24.4. The molecule has 0 saturated carbocycles. The molecule has 0 aromatic heterocycles. The maximum atomic E-state index is 12.1. The number of anilines is 1. The second-order valence-corrected chi connectivity index (χ2v) is 6.91. The standard InChI is InChI=1S/C17H16ClNO4S/c1-2-24(22)15-9-4-3-8-14(15)17(21)23-11-16(20)19-13-7-5-6-12(18)10-13/h3-10H,2,11H2,1H3,(H,19,20)/t24-/m0/s1. The third-order valence-electron chi connectivity index (χ3n) is 3.06. The zero-order valence-electron chi connectivity index (χ0n) is 13.0. The van der Waals surface area contributed by atoms with Gasteiger partial charge in [-0.05, 0) is 30.3 Å². The molecule has 0 unspecified atom stereocenters. The van der Waals surface area contributed by atoms with Crippen LogP contribution in [0, 0.1) is 0 Å². The maximum absolute atomic E-state index is 12.1. The van der Waals surface area contributed by atoms with Gasteiger partial charge >= 0.3 is 5.97 Å². The first-order valence-corrected chi connectivity index (χ1v) is 8.91. The van der Waals surface area contributed by atoms with Gasteiger partial charge in [0.1, 0.15) is 0 Å². The van der Waals surface area contributed by atoms with Crippen molar-refractivity contribution >= 4 is 40.0 Å². The quantitative estimate of drug-likeness (QED) is 0.797. The van der Waals surface area contributed by atoms with Crippen molar-refractivity contribution in [3.63, 3.8) is 0 Å². The van der Waals surface area contributed by atoms with Crippen LogP contribution in [0.15, 0.2) is 53.4 Å². The first-order chi connectivity index (χ1) is 11.5. The number of ether oxygens (including phenoxy) is 1. The number of carbonyl (C=O) groups is 2. The fourth-order valence-electron chi connectivity index (χ4n) is 1.96. The van der Waals surface area contributed by atoms with E-state index in [4.69, 9.17) is 16.3 Å². The fraction of sp³-hybridized carbons (Fsp3) is 0.176. The lowest BCUT2D eigenvalue weighted by molar-refractivity contribution is -0.119. The highest BCUT2D eigenvalue weighted by Gasteiger charge is 2.17. The van der Waals surface area contributed by atoms with Gasteiger partial charge in [0.05, 0.1) is 21.3 Å². The van der Waals surface area contributed by atoms with E-state index in [2.05, 4.69) is 5.32 Å². The predicted molar refractivity (Wildman–Crippen MR) is 93.8 cm³/mol. The zero-order chi connectivity index (χ0) is 17.5. The van der Waals surface area contributed by atoms with Gasteiger partial charge in [0.25, 0.3) is 5.91 Å². The lowest BCUT2D eigenvalue weighted by Crippen LogP contribution is -2.21. The van der Waals surface area contributed by atoms with Crippen LogP contribution in [-0.4, -0.2) is 28.4 Å². The number of hydrogen-bond donors (Lipinski definition) is 1. The third kappa shape index (κ3) is 4.91. The number of esters is 1. The Hall–Kier alpha value is -2.18. The van der Waals surface area contributed by atoms with Crippen LogP contribution in [0.25, 0.3) is 0 Å². The molecule has 2 aromatic rings. The number of benzene rings is 2. The highest BCUT2D eigenvalue weighted by molar-refractivity contribution is 7.85. The molecule has 1 amide bonds. The maximum Gasteiger partial charge on any atom is 0.339 e. The summed E-state index contributed by atoms with van der Waals surface area (Å²) in [5.41, 5.74) is 0.712. The van der Waals surface area contributed by atoms with E-state index < -0.39 is 29.3 Å². The molecule has 7 heteroatoms. The average Bonchev–Trinajstić information content (AvgIpc) is 2.59. The Bertz CT molecular complexity index is 779. The van der Waals surface area contributed by atoms with Crippen LogP contribution in [0.2, 0.25) is 5.02 Å². The summed E-state index contributed by atoms with van der Waals surface area (Å²) in [6.07, 6.45) is 0. The Balaban J connectivity index is 1.98. The van der Waals surface area contributed by atoms with Crippen LogP contribution in [0.3, 0.4) is 0 Å². The molecule has 2 aromatic carbocycles. The summed E-state index contributed by atoms with van der Waals surface area (Å²) in [6.45, 7) is 1.31. The van der Waals surface area contributed by atoms with E-state index >= 15 is 0 Å². The summed E-state index contributed by atoms with van der Waals surface area (Å²) in [7, 11) is -1.29. The minimum atomic E-state index is -1.29.